The van der Waals surface area contributed by atoms with Crippen molar-refractivity contribution in [2.24, 2.45) is 0 Å². The van der Waals surface area contributed by atoms with Gasteiger partial charge in [-0.05, 0) is 37.0 Å². The zero-order chi connectivity index (χ0) is 14.5. The SMILES string of the molecule is c1nc(Nc2ccc3c(c2)OCO3)c2c3c(sc2n1)CCC3. The number of aryl methyl sites for hydroxylation is 2. The molecule has 5 nitrogen and oxygen atoms in total. The molecule has 0 saturated heterocycles. The van der Waals surface area contributed by atoms with Crippen LogP contribution in [0.2, 0.25) is 0 Å². The van der Waals surface area contributed by atoms with Gasteiger partial charge in [0.1, 0.15) is 17.0 Å². The van der Waals surface area contributed by atoms with Crippen LogP contribution in [0, 0.1) is 0 Å². The first-order valence-corrected chi connectivity index (χ1v) is 8.12. The molecule has 0 atom stereocenters. The lowest BCUT2D eigenvalue weighted by Crippen LogP contribution is -1.96. The van der Waals surface area contributed by atoms with Gasteiger partial charge in [-0.15, -0.1) is 11.3 Å². The lowest BCUT2D eigenvalue weighted by atomic mass is 10.2. The Kier molecular flexibility index (Phi) is 2.54. The Labute approximate surface area is 130 Å². The molecule has 0 amide bonds. The van der Waals surface area contributed by atoms with E-state index < -0.39 is 0 Å². The molecule has 2 aromatic heterocycles. The Balaban J connectivity index is 1.59. The van der Waals surface area contributed by atoms with Gasteiger partial charge >= 0.3 is 0 Å². The molecule has 6 heteroatoms. The Morgan fingerprint density at radius 2 is 2.05 bits per heavy atom. The summed E-state index contributed by atoms with van der Waals surface area (Å²) in [5, 5.41) is 4.59. The fourth-order valence-electron chi connectivity index (χ4n) is 3.13. The van der Waals surface area contributed by atoms with E-state index in [1.807, 2.05) is 18.2 Å². The number of rotatable bonds is 2. The minimum absolute atomic E-state index is 0.286. The molecule has 3 heterocycles. The third-order valence-corrected chi connectivity index (χ3v) is 5.34. The van der Waals surface area contributed by atoms with Gasteiger partial charge in [0.25, 0.3) is 0 Å². The summed E-state index contributed by atoms with van der Waals surface area (Å²) in [6.45, 7) is 0.286. The summed E-state index contributed by atoms with van der Waals surface area (Å²) in [6.07, 6.45) is 5.15. The minimum atomic E-state index is 0.286. The van der Waals surface area contributed by atoms with Gasteiger partial charge in [-0.3, -0.25) is 0 Å². The first-order valence-electron chi connectivity index (χ1n) is 7.30. The summed E-state index contributed by atoms with van der Waals surface area (Å²) in [6, 6.07) is 5.85. The van der Waals surface area contributed by atoms with Crippen molar-refractivity contribution >= 4 is 33.1 Å². The maximum absolute atomic E-state index is 5.43. The summed E-state index contributed by atoms with van der Waals surface area (Å²) in [5.41, 5.74) is 2.37. The van der Waals surface area contributed by atoms with Crippen LogP contribution in [0.5, 0.6) is 11.5 Å². The van der Waals surface area contributed by atoms with Crippen molar-refractivity contribution in [3.8, 4) is 11.5 Å². The predicted octanol–water partition coefficient (Wildman–Crippen LogP) is 3.65. The van der Waals surface area contributed by atoms with Crippen LogP contribution in [-0.2, 0) is 12.8 Å². The van der Waals surface area contributed by atoms with Crippen molar-refractivity contribution in [3.05, 3.63) is 35.0 Å². The van der Waals surface area contributed by atoms with Gasteiger partial charge in [-0.1, -0.05) is 0 Å². The zero-order valence-electron chi connectivity index (χ0n) is 11.8. The number of nitrogens with zero attached hydrogens (tertiary/aromatic N) is 2. The van der Waals surface area contributed by atoms with Crippen molar-refractivity contribution in [2.45, 2.75) is 19.3 Å². The van der Waals surface area contributed by atoms with Crippen molar-refractivity contribution < 1.29 is 9.47 Å². The lowest BCUT2D eigenvalue weighted by Gasteiger charge is -2.08. The Morgan fingerprint density at radius 1 is 1.09 bits per heavy atom. The fraction of sp³-hybridized carbons (Fsp3) is 0.250. The molecule has 2 aliphatic rings. The van der Waals surface area contributed by atoms with E-state index in [-0.39, 0.29) is 6.79 Å². The highest BCUT2D eigenvalue weighted by Gasteiger charge is 2.21. The average Bonchev–Trinajstić information content (AvgIpc) is 3.21. The number of thiophene rings is 1. The molecule has 0 fully saturated rings. The van der Waals surface area contributed by atoms with Crippen LogP contribution in [0.4, 0.5) is 11.5 Å². The minimum Gasteiger partial charge on any atom is -0.454 e. The second-order valence-corrected chi connectivity index (χ2v) is 6.54. The van der Waals surface area contributed by atoms with Crippen molar-refractivity contribution in [1.29, 1.82) is 0 Å². The van der Waals surface area contributed by atoms with Gasteiger partial charge in [0.2, 0.25) is 6.79 Å². The number of ether oxygens (including phenoxy) is 2. The highest BCUT2D eigenvalue weighted by molar-refractivity contribution is 7.19. The van der Waals surface area contributed by atoms with Crippen LogP contribution in [0.3, 0.4) is 0 Å². The first-order chi connectivity index (χ1) is 10.9. The molecule has 1 aliphatic carbocycles. The van der Waals surface area contributed by atoms with E-state index in [4.69, 9.17) is 9.47 Å². The number of aromatic nitrogens is 2. The third-order valence-electron chi connectivity index (χ3n) is 4.14. The standard InChI is InChI=1S/C16H13N3O2S/c1-2-10-13(3-1)22-16-14(10)15(17-7-18-16)19-9-4-5-11-12(6-9)21-8-20-11/h4-7H,1-3,8H2,(H,17,18,19). The molecule has 22 heavy (non-hydrogen) atoms. The van der Waals surface area contributed by atoms with Gasteiger partial charge < -0.3 is 14.8 Å². The number of fused-ring (bicyclic) bond motifs is 4. The second kappa shape index (κ2) is 4.58. The van der Waals surface area contributed by atoms with Crippen molar-refractivity contribution in [3.63, 3.8) is 0 Å². The number of anilines is 2. The number of nitrogens with one attached hydrogen (secondary N) is 1. The molecule has 110 valence electrons. The van der Waals surface area contributed by atoms with E-state index >= 15 is 0 Å². The summed E-state index contributed by atoms with van der Waals surface area (Å²) < 4.78 is 10.8. The summed E-state index contributed by atoms with van der Waals surface area (Å²) in [4.78, 5) is 11.4. The summed E-state index contributed by atoms with van der Waals surface area (Å²) >= 11 is 1.80. The molecule has 5 rings (SSSR count). The average molecular weight is 311 g/mol. The maximum Gasteiger partial charge on any atom is 0.231 e. The number of hydrogen-bond acceptors (Lipinski definition) is 6. The second-order valence-electron chi connectivity index (χ2n) is 5.45. The first kappa shape index (κ1) is 12.2. The highest BCUT2D eigenvalue weighted by atomic mass is 32.1. The van der Waals surface area contributed by atoms with E-state index in [9.17, 15) is 0 Å². The van der Waals surface area contributed by atoms with Gasteiger partial charge in [-0.25, -0.2) is 9.97 Å². The zero-order valence-corrected chi connectivity index (χ0v) is 12.6. The van der Waals surface area contributed by atoms with Gasteiger partial charge in [0.15, 0.2) is 11.5 Å². The molecule has 1 N–H and O–H groups in total. The molecular weight excluding hydrogens is 298 g/mol. The van der Waals surface area contributed by atoms with Gasteiger partial charge in [0, 0.05) is 16.6 Å². The Morgan fingerprint density at radius 3 is 3.05 bits per heavy atom. The smallest absolute Gasteiger partial charge is 0.231 e. The van der Waals surface area contributed by atoms with E-state index in [2.05, 4.69) is 15.3 Å². The Hall–Kier alpha value is -2.34. The molecule has 3 aromatic rings. The Bertz CT molecular complexity index is 890. The van der Waals surface area contributed by atoms with Crippen LogP contribution in [0.15, 0.2) is 24.5 Å². The van der Waals surface area contributed by atoms with Gasteiger partial charge in [-0.2, -0.15) is 0 Å². The van der Waals surface area contributed by atoms with Crippen molar-refractivity contribution in [1.82, 2.24) is 9.97 Å². The van der Waals surface area contributed by atoms with Crippen LogP contribution in [0.1, 0.15) is 16.9 Å². The largest absolute Gasteiger partial charge is 0.454 e. The van der Waals surface area contributed by atoms with Crippen LogP contribution in [0.25, 0.3) is 10.2 Å². The number of hydrogen-bond donors (Lipinski definition) is 1. The third kappa shape index (κ3) is 1.77. The molecular formula is C16H13N3O2S. The molecule has 1 aliphatic heterocycles. The highest BCUT2D eigenvalue weighted by Crippen LogP contribution is 2.40. The molecule has 0 radical (unpaired) electrons. The molecule has 0 bridgehead atoms. The van der Waals surface area contributed by atoms with E-state index in [1.54, 1.807) is 17.7 Å². The molecule has 0 saturated carbocycles. The number of benzene rings is 1. The summed E-state index contributed by atoms with van der Waals surface area (Å²) in [5.74, 6) is 2.43. The molecule has 0 unspecified atom stereocenters. The predicted molar refractivity (Wildman–Crippen MR) is 85.3 cm³/mol. The van der Waals surface area contributed by atoms with E-state index in [0.717, 1.165) is 34.3 Å². The topological polar surface area (TPSA) is 56.3 Å². The molecule has 0 spiro atoms. The summed E-state index contributed by atoms with van der Waals surface area (Å²) in [7, 11) is 0. The van der Waals surface area contributed by atoms with Crippen molar-refractivity contribution in [2.75, 3.05) is 12.1 Å². The van der Waals surface area contributed by atoms with Gasteiger partial charge in [0.05, 0.1) is 5.39 Å². The van der Waals surface area contributed by atoms with E-state index in [0.29, 0.717) is 0 Å². The lowest BCUT2D eigenvalue weighted by molar-refractivity contribution is 0.174. The maximum atomic E-state index is 5.43. The normalized spacial score (nSPS) is 15.3. The van der Waals surface area contributed by atoms with E-state index in [1.165, 1.54) is 28.7 Å². The monoisotopic (exact) mass is 311 g/mol. The van der Waals surface area contributed by atoms with Crippen LogP contribution < -0.4 is 14.8 Å². The molecule has 1 aromatic carbocycles. The van der Waals surface area contributed by atoms with Crippen LogP contribution in [-0.4, -0.2) is 16.8 Å². The fourth-order valence-corrected chi connectivity index (χ4v) is 4.36. The van der Waals surface area contributed by atoms with Crippen LogP contribution >= 0.6 is 11.3 Å². The quantitative estimate of drug-likeness (QED) is 0.783.